The molecule has 2 aromatic rings. The van der Waals surface area contributed by atoms with Crippen molar-refractivity contribution in [2.45, 2.75) is 83.9 Å². The van der Waals surface area contributed by atoms with Gasteiger partial charge in [0.2, 0.25) is 12.2 Å². The molecule has 1 aromatic carbocycles. The predicted octanol–water partition coefficient (Wildman–Crippen LogP) is 2.03. The molecule has 1 aromatic heterocycles. The highest BCUT2D eigenvalue weighted by molar-refractivity contribution is 5.56. The van der Waals surface area contributed by atoms with Gasteiger partial charge in [-0.1, -0.05) is 12.1 Å². The molecule has 0 aliphatic carbocycles. The summed E-state index contributed by atoms with van der Waals surface area (Å²) in [6.45, 7) is 9.21. The van der Waals surface area contributed by atoms with Crippen LogP contribution in [0.2, 0.25) is 0 Å². The highest BCUT2D eigenvalue weighted by Gasteiger charge is 2.46. The van der Waals surface area contributed by atoms with Crippen molar-refractivity contribution in [3.05, 3.63) is 41.1 Å². The lowest BCUT2D eigenvalue weighted by molar-refractivity contribution is -0.278. The maximum absolute atomic E-state index is 10.7. The number of nitrogens with zero attached hydrogens (tertiary/aromatic N) is 2. The maximum atomic E-state index is 10.7. The van der Waals surface area contributed by atoms with Crippen LogP contribution in [0.25, 0.3) is 0 Å². The standard InChI is InChI=1S/C24H34N2O9/c1-12(2)26-14(5)17(10-15-6-8-16(9-7-15)33-13(3)4)22(25-26)35-23-21(29)20(28)19(27)18(34-23)11-32-24(30)31/h6-9,12-13,18-21,23,27-29H,10-11H2,1-5H3,(H,30,31)/t18-,19-,20+,21-,23+/m1/s1. The van der Waals surface area contributed by atoms with E-state index in [0.717, 1.165) is 22.6 Å². The highest BCUT2D eigenvalue weighted by atomic mass is 16.7. The minimum absolute atomic E-state index is 0.0224. The topological polar surface area (TPSA) is 153 Å². The number of carboxylic acid groups (broad SMARTS) is 1. The predicted molar refractivity (Wildman–Crippen MR) is 124 cm³/mol. The number of carbonyl (C=O) groups is 1. The molecule has 194 valence electrons. The van der Waals surface area contributed by atoms with E-state index in [-0.39, 0.29) is 18.0 Å². The van der Waals surface area contributed by atoms with Crippen molar-refractivity contribution in [3.63, 3.8) is 0 Å². The minimum atomic E-state index is -1.64. The Morgan fingerprint density at radius 3 is 2.31 bits per heavy atom. The van der Waals surface area contributed by atoms with Gasteiger partial charge in [-0.3, -0.25) is 4.68 Å². The fraction of sp³-hybridized carbons (Fsp3) is 0.583. The summed E-state index contributed by atoms with van der Waals surface area (Å²) < 4.78 is 23.4. The summed E-state index contributed by atoms with van der Waals surface area (Å²) in [5.74, 6) is 0.958. The normalized spacial score (nSPS) is 24.6. The monoisotopic (exact) mass is 494 g/mol. The summed E-state index contributed by atoms with van der Waals surface area (Å²) in [5, 5.41) is 44.2. The molecule has 0 saturated carbocycles. The van der Waals surface area contributed by atoms with E-state index in [4.69, 9.17) is 19.3 Å². The summed E-state index contributed by atoms with van der Waals surface area (Å²) in [7, 11) is 0. The second-order valence-corrected chi connectivity index (χ2v) is 9.10. The van der Waals surface area contributed by atoms with Crippen molar-refractivity contribution in [1.29, 1.82) is 0 Å². The summed E-state index contributed by atoms with van der Waals surface area (Å²) >= 11 is 0. The van der Waals surface area contributed by atoms with Crippen molar-refractivity contribution in [2.75, 3.05) is 6.61 Å². The number of aromatic nitrogens is 2. The second kappa shape index (κ2) is 11.3. The number of benzene rings is 1. The molecule has 1 aliphatic heterocycles. The van der Waals surface area contributed by atoms with Crippen LogP contribution in [0.5, 0.6) is 11.6 Å². The van der Waals surface area contributed by atoms with Crippen LogP contribution in [-0.4, -0.2) is 79.8 Å². The molecule has 5 atom stereocenters. The quantitative estimate of drug-likeness (QED) is 0.381. The third-order valence-electron chi connectivity index (χ3n) is 5.67. The molecule has 0 bridgehead atoms. The van der Waals surface area contributed by atoms with E-state index in [0.29, 0.717) is 6.42 Å². The molecule has 11 heteroatoms. The molecule has 0 spiro atoms. The van der Waals surface area contributed by atoms with Crippen LogP contribution in [0.4, 0.5) is 4.79 Å². The van der Waals surface area contributed by atoms with Gasteiger partial charge in [-0.25, -0.2) is 4.79 Å². The summed E-state index contributed by atoms with van der Waals surface area (Å²) in [6, 6.07) is 7.68. The van der Waals surface area contributed by atoms with E-state index in [1.807, 2.05) is 58.9 Å². The molecule has 2 heterocycles. The number of ether oxygens (including phenoxy) is 4. The summed E-state index contributed by atoms with van der Waals surface area (Å²) in [6.07, 6.45) is -8.48. The van der Waals surface area contributed by atoms with E-state index in [1.54, 1.807) is 4.68 Å². The average Bonchev–Trinajstić information content (AvgIpc) is 3.09. The molecule has 1 saturated heterocycles. The van der Waals surface area contributed by atoms with Gasteiger partial charge < -0.3 is 39.4 Å². The van der Waals surface area contributed by atoms with Gasteiger partial charge in [0, 0.05) is 23.7 Å². The lowest BCUT2D eigenvalue weighted by atomic mass is 9.99. The van der Waals surface area contributed by atoms with Gasteiger partial charge in [0.05, 0.1) is 6.10 Å². The number of hydrogen-bond donors (Lipinski definition) is 4. The third-order valence-corrected chi connectivity index (χ3v) is 5.67. The van der Waals surface area contributed by atoms with Crippen LogP contribution in [0, 0.1) is 6.92 Å². The third kappa shape index (κ3) is 6.43. The van der Waals surface area contributed by atoms with E-state index < -0.39 is 43.5 Å². The van der Waals surface area contributed by atoms with Gasteiger partial charge in [-0.15, -0.1) is 5.10 Å². The number of aliphatic hydroxyl groups is 3. The van der Waals surface area contributed by atoms with E-state index >= 15 is 0 Å². The number of rotatable bonds is 9. The molecule has 3 rings (SSSR count). The van der Waals surface area contributed by atoms with Crippen LogP contribution >= 0.6 is 0 Å². The zero-order valence-corrected chi connectivity index (χ0v) is 20.5. The van der Waals surface area contributed by atoms with Crippen molar-refractivity contribution in [3.8, 4) is 11.6 Å². The first-order chi connectivity index (χ1) is 16.5. The van der Waals surface area contributed by atoms with Gasteiger partial charge in [0.15, 0.2) is 0 Å². The van der Waals surface area contributed by atoms with Crippen molar-refractivity contribution in [2.24, 2.45) is 0 Å². The number of hydrogen-bond acceptors (Lipinski definition) is 9. The Morgan fingerprint density at radius 1 is 1.09 bits per heavy atom. The maximum Gasteiger partial charge on any atom is 0.505 e. The van der Waals surface area contributed by atoms with Gasteiger partial charge in [-0.05, 0) is 52.3 Å². The lowest BCUT2D eigenvalue weighted by Gasteiger charge is -2.39. The first-order valence-electron chi connectivity index (χ1n) is 11.5. The van der Waals surface area contributed by atoms with E-state index in [2.05, 4.69) is 9.84 Å². The van der Waals surface area contributed by atoms with Gasteiger partial charge in [0.25, 0.3) is 0 Å². The fourth-order valence-electron chi connectivity index (χ4n) is 3.90. The second-order valence-electron chi connectivity index (χ2n) is 9.10. The highest BCUT2D eigenvalue weighted by Crippen LogP contribution is 2.31. The van der Waals surface area contributed by atoms with Crippen LogP contribution in [-0.2, 0) is 15.9 Å². The van der Waals surface area contributed by atoms with Crippen LogP contribution in [0.15, 0.2) is 24.3 Å². The van der Waals surface area contributed by atoms with Crippen LogP contribution in [0.1, 0.15) is 50.6 Å². The van der Waals surface area contributed by atoms with Crippen molar-refractivity contribution >= 4 is 6.16 Å². The van der Waals surface area contributed by atoms with Crippen molar-refractivity contribution < 1.29 is 44.2 Å². The molecule has 11 nitrogen and oxygen atoms in total. The molecule has 4 N–H and O–H groups in total. The smallest absolute Gasteiger partial charge is 0.491 e. The Morgan fingerprint density at radius 2 is 1.74 bits per heavy atom. The first kappa shape index (κ1) is 26.7. The zero-order valence-electron chi connectivity index (χ0n) is 20.5. The van der Waals surface area contributed by atoms with Gasteiger partial charge in [-0.2, -0.15) is 0 Å². The molecule has 1 fully saturated rings. The largest absolute Gasteiger partial charge is 0.505 e. The summed E-state index contributed by atoms with van der Waals surface area (Å²) in [5.41, 5.74) is 2.59. The Hall–Kier alpha value is -2.86. The lowest BCUT2D eigenvalue weighted by Crippen LogP contribution is -2.60. The Kier molecular flexibility index (Phi) is 8.60. The van der Waals surface area contributed by atoms with Crippen LogP contribution in [0.3, 0.4) is 0 Å². The molecule has 0 unspecified atom stereocenters. The molecular weight excluding hydrogens is 460 g/mol. The van der Waals surface area contributed by atoms with E-state index in [1.165, 1.54) is 0 Å². The van der Waals surface area contributed by atoms with Crippen molar-refractivity contribution in [1.82, 2.24) is 9.78 Å². The Balaban J connectivity index is 1.85. The van der Waals surface area contributed by atoms with Gasteiger partial charge >= 0.3 is 6.16 Å². The Bertz CT molecular complexity index is 990. The molecule has 35 heavy (non-hydrogen) atoms. The first-order valence-corrected chi connectivity index (χ1v) is 11.5. The molecule has 1 aliphatic rings. The summed E-state index contributed by atoms with van der Waals surface area (Å²) in [4.78, 5) is 10.7. The van der Waals surface area contributed by atoms with Crippen LogP contribution < -0.4 is 9.47 Å². The Labute approximate surface area is 203 Å². The van der Waals surface area contributed by atoms with E-state index in [9.17, 15) is 20.1 Å². The fourth-order valence-corrected chi connectivity index (χ4v) is 3.90. The molecule has 0 amide bonds. The van der Waals surface area contributed by atoms with Gasteiger partial charge in [0.1, 0.15) is 36.8 Å². The average molecular weight is 495 g/mol. The SMILES string of the molecule is Cc1c(Cc2ccc(OC(C)C)cc2)c(O[C@@H]2O[C@H](COC(=O)O)[C@@H](O)[C@H](O)[C@H]2O)nn1C(C)C. The minimum Gasteiger partial charge on any atom is -0.491 e. The molecule has 0 radical (unpaired) electrons. The zero-order chi connectivity index (χ0) is 25.9. The number of aliphatic hydroxyl groups excluding tert-OH is 3. The molecular formula is C24H34N2O9.